The average Bonchev–Trinajstić information content (AvgIpc) is 2.80. The van der Waals surface area contributed by atoms with Crippen LogP contribution in [0.5, 0.6) is 0 Å². The number of halogens is 1. The van der Waals surface area contributed by atoms with E-state index in [1.54, 1.807) is 12.1 Å². The molecule has 0 saturated heterocycles. The van der Waals surface area contributed by atoms with Crippen molar-refractivity contribution in [3.05, 3.63) is 35.4 Å². The summed E-state index contributed by atoms with van der Waals surface area (Å²) < 4.78 is 18.8. The molecule has 0 aliphatic rings. The van der Waals surface area contributed by atoms with E-state index >= 15 is 0 Å². The molecular weight excluding hydrogens is 247 g/mol. The minimum atomic E-state index is -0.387. The Balaban J connectivity index is 2.28. The molecule has 6 heteroatoms. The van der Waals surface area contributed by atoms with E-state index < -0.39 is 0 Å². The Kier molecular flexibility index (Phi) is 3.92. The van der Waals surface area contributed by atoms with Crippen LogP contribution in [0.1, 0.15) is 17.4 Å². The van der Waals surface area contributed by atoms with Gasteiger partial charge in [-0.25, -0.2) is 4.39 Å². The topological polar surface area (TPSA) is 68.2 Å². The van der Waals surface area contributed by atoms with Crippen molar-refractivity contribution in [2.24, 2.45) is 5.73 Å². The standard InChI is InChI=1S/C13H17FN4O/c1-8-4-5-10(14)9(6-8)13-16-12(17-19-13)11(15)7-18(2)3/h4-6,11H,7,15H2,1-3H3. The number of nitrogens with two attached hydrogens (primary N) is 1. The summed E-state index contributed by atoms with van der Waals surface area (Å²) in [5.41, 5.74) is 7.16. The second-order valence-corrected chi connectivity index (χ2v) is 4.81. The van der Waals surface area contributed by atoms with Crippen molar-refractivity contribution in [1.82, 2.24) is 15.0 Å². The summed E-state index contributed by atoms with van der Waals surface area (Å²) in [4.78, 5) is 6.09. The summed E-state index contributed by atoms with van der Waals surface area (Å²) in [5.74, 6) is 0.150. The van der Waals surface area contributed by atoms with Crippen LogP contribution in [0.4, 0.5) is 4.39 Å². The van der Waals surface area contributed by atoms with Gasteiger partial charge in [-0.05, 0) is 33.2 Å². The average molecular weight is 264 g/mol. The van der Waals surface area contributed by atoms with E-state index in [1.165, 1.54) is 6.07 Å². The Morgan fingerprint density at radius 2 is 2.16 bits per heavy atom. The first kappa shape index (κ1) is 13.6. The first-order chi connectivity index (χ1) is 8.97. The second-order valence-electron chi connectivity index (χ2n) is 4.81. The van der Waals surface area contributed by atoms with E-state index in [9.17, 15) is 4.39 Å². The van der Waals surface area contributed by atoms with Gasteiger partial charge in [-0.2, -0.15) is 4.98 Å². The van der Waals surface area contributed by atoms with Gasteiger partial charge in [-0.3, -0.25) is 0 Å². The van der Waals surface area contributed by atoms with Crippen LogP contribution in [-0.2, 0) is 0 Å². The molecule has 102 valence electrons. The molecule has 0 aliphatic carbocycles. The van der Waals surface area contributed by atoms with E-state index in [-0.39, 0.29) is 17.7 Å². The van der Waals surface area contributed by atoms with Crippen molar-refractivity contribution in [2.75, 3.05) is 20.6 Å². The van der Waals surface area contributed by atoms with Gasteiger partial charge in [0.2, 0.25) is 0 Å². The highest BCUT2D eigenvalue weighted by Gasteiger charge is 2.18. The lowest BCUT2D eigenvalue weighted by Gasteiger charge is -2.12. The maximum absolute atomic E-state index is 13.7. The van der Waals surface area contributed by atoms with Crippen molar-refractivity contribution in [3.63, 3.8) is 0 Å². The van der Waals surface area contributed by atoms with Gasteiger partial charge in [-0.15, -0.1) is 0 Å². The van der Waals surface area contributed by atoms with Gasteiger partial charge in [0.15, 0.2) is 5.82 Å². The van der Waals surface area contributed by atoms with Gasteiger partial charge in [0.1, 0.15) is 5.82 Å². The van der Waals surface area contributed by atoms with Crippen molar-refractivity contribution in [2.45, 2.75) is 13.0 Å². The molecule has 0 fully saturated rings. The predicted molar refractivity (Wildman–Crippen MR) is 69.9 cm³/mol. The third-order valence-electron chi connectivity index (χ3n) is 2.69. The molecule has 1 aromatic heterocycles. The van der Waals surface area contributed by atoms with Gasteiger partial charge in [-0.1, -0.05) is 16.8 Å². The molecule has 5 nitrogen and oxygen atoms in total. The fourth-order valence-electron chi connectivity index (χ4n) is 1.77. The molecule has 2 rings (SSSR count). The van der Waals surface area contributed by atoms with E-state index in [2.05, 4.69) is 10.1 Å². The molecule has 0 saturated carbocycles. The molecular formula is C13H17FN4O. The van der Waals surface area contributed by atoms with Crippen molar-refractivity contribution < 1.29 is 8.91 Å². The zero-order chi connectivity index (χ0) is 14.0. The van der Waals surface area contributed by atoms with Crippen LogP contribution in [0, 0.1) is 12.7 Å². The number of hydrogen-bond donors (Lipinski definition) is 1. The Hall–Kier alpha value is -1.79. The fourth-order valence-corrected chi connectivity index (χ4v) is 1.77. The summed E-state index contributed by atoms with van der Waals surface area (Å²) in [6.45, 7) is 2.47. The SMILES string of the molecule is Cc1ccc(F)c(-c2nc(C(N)CN(C)C)no2)c1. The monoisotopic (exact) mass is 264 g/mol. The maximum Gasteiger partial charge on any atom is 0.260 e. The lowest BCUT2D eigenvalue weighted by molar-refractivity contribution is 0.357. The molecule has 19 heavy (non-hydrogen) atoms. The largest absolute Gasteiger partial charge is 0.334 e. The molecule has 0 bridgehead atoms. The van der Waals surface area contributed by atoms with Gasteiger partial charge in [0.05, 0.1) is 11.6 Å². The number of likely N-dealkylation sites (N-methyl/N-ethyl adjacent to an activating group) is 1. The lowest BCUT2D eigenvalue weighted by atomic mass is 10.1. The first-order valence-corrected chi connectivity index (χ1v) is 5.98. The van der Waals surface area contributed by atoms with Crippen LogP contribution in [0.25, 0.3) is 11.5 Å². The highest BCUT2D eigenvalue weighted by atomic mass is 19.1. The predicted octanol–water partition coefficient (Wildman–Crippen LogP) is 1.75. The van der Waals surface area contributed by atoms with Gasteiger partial charge >= 0.3 is 0 Å². The number of benzene rings is 1. The van der Waals surface area contributed by atoms with Crippen molar-refractivity contribution in [1.29, 1.82) is 0 Å². The highest BCUT2D eigenvalue weighted by molar-refractivity contribution is 5.55. The van der Waals surface area contributed by atoms with E-state index in [0.29, 0.717) is 17.9 Å². The third-order valence-corrected chi connectivity index (χ3v) is 2.69. The van der Waals surface area contributed by atoms with Crippen LogP contribution in [-0.4, -0.2) is 35.7 Å². The fraction of sp³-hybridized carbons (Fsp3) is 0.385. The smallest absolute Gasteiger partial charge is 0.260 e. The number of aryl methyl sites for hydroxylation is 1. The van der Waals surface area contributed by atoms with Crippen LogP contribution in [0.15, 0.2) is 22.7 Å². The van der Waals surface area contributed by atoms with Crippen molar-refractivity contribution >= 4 is 0 Å². The summed E-state index contributed by atoms with van der Waals surface area (Å²) in [6, 6.07) is 4.38. The number of rotatable bonds is 4. The lowest BCUT2D eigenvalue weighted by Crippen LogP contribution is -2.26. The van der Waals surface area contributed by atoms with Crippen LogP contribution in [0.3, 0.4) is 0 Å². The molecule has 2 N–H and O–H groups in total. The summed E-state index contributed by atoms with van der Waals surface area (Å²) in [6.07, 6.45) is 0. The van der Waals surface area contributed by atoms with Crippen LogP contribution < -0.4 is 5.73 Å². The quantitative estimate of drug-likeness (QED) is 0.911. The summed E-state index contributed by atoms with van der Waals surface area (Å²) in [5, 5.41) is 3.81. The zero-order valence-electron chi connectivity index (χ0n) is 11.2. The van der Waals surface area contributed by atoms with Crippen molar-refractivity contribution in [3.8, 4) is 11.5 Å². The highest BCUT2D eigenvalue weighted by Crippen LogP contribution is 2.23. The van der Waals surface area contributed by atoms with Gasteiger partial charge < -0.3 is 15.2 Å². The molecule has 0 aliphatic heterocycles. The number of hydrogen-bond acceptors (Lipinski definition) is 5. The number of aromatic nitrogens is 2. The minimum absolute atomic E-state index is 0.158. The summed E-state index contributed by atoms with van der Waals surface area (Å²) in [7, 11) is 3.81. The molecule has 1 aromatic carbocycles. The second kappa shape index (κ2) is 5.46. The summed E-state index contributed by atoms with van der Waals surface area (Å²) >= 11 is 0. The van der Waals surface area contributed by atoms with Gasteiger partial charge in [0, 0.05) is 6.54 Å². The molecule has 0 spiro atoms. The van der Waals surface area contributed by atoms with E-state index in [4.69, 9.17) is 10.3 Å². The molecule has 2 aromatic rings. The van der Waals surface area contributed by atoms with Crippen LogP contribution >= 0.6 is 0 Å². The minimum Gasteiger partial charge on any atom is -0.334 e. The molecule has 1 atom stereocenters. The maximum atomic E-state index is 13.7. The third kappa shape index (κ3) is 3.15. The Morgan fingerprint density at radius 3 is 2.84 bits per heavy atom. The molecule has 0 radical (unpaired) electrons. The molecule has 0 amide bonds. The normalized spacial score (nSPS) is 12.9. The van der Waals surface area contributed by atoms with E-state index in [0.717, 1.165) is 5.56 Å². The Bertz CT molecular complexity index is 568. The Labute approximate surface area is 111 Å². The first-order valence-electron chi connectivity index (χ1n) is 5.98. The van der Waals surface area contributed by atoms with Crippen LogP contribution in [0.2, 0.25) is 0 Å². The Morgan fingerprint density at radius 1 is 1.42 bits per heavy atom. The number of nitrogens with zero attached hydrogens (tertiary/aromatic N) is 3. The molecule has 1 heterocycles. The molecule has 1 unspecified atom stereocenters. The zero-order valence-corrected chi connectivity index (χ0v) is 11.2. The van der Waals surface area contributed by atoms with Gasteiger partial charge in [0.25, 0.3) is 5.89 Å². The van der Waals surface area contributed by atoms with E-state index in [1.807, 2.05) is 25.9 Å².